The van der Waals surface area contributed by atoms with Gasteiger partial charge in [0.2, 0.25) is 10.0 Å². The molecule has 0 atom stereocenters. The molecular formula is C20H18BrN3O5S2. The number of esters is 1. The van der Waals surface area contributed by atoms with E-state index in [1.165, 1.54) is 49.7 Å². The van der Waals surface area contributed by atoms with Gasteiger partial charge in [0, 0.05) is 29.5 Å². The first-order chi connectivity index (χ1) is 14.7. The van der Waals surface area contributed by atoms with E-state index in [1.54, 1.807) is 5.38 Å². The van der Waals surface area contributed by atoms with E-state index in [0.29, 0.717) is 10.8 Å². The van der Waals surface area contributed by atoms with Gasteiger partial charge in [-0.2, -0.15) is 0 Å². The Bertz CT molecular complexity index is 1220. The third-order valence-electron chi connectivity index (χ3n) is 4.05. The number of aromatic nitrogens is 1. The Morgan fingerprint density at radius 1 is 1.16 bits per heavy atom. The number of nitrogens with zero attached hydrogens (tertiary/aromatic N) is 2. The van der Waals surface area contributed by atoms with Crippen LogP contribution in [0.25, 0.3) is 11.3 Å². The molecule has 162 valence electrons. The second-order valence-corrected chi connectivity index (χ2v) is 10.4. The minimum absolute atomic E-state index is 0.0296. The van der Waals surface area contributed by atoms with Crippen LogP contribution in [0.3, 0.4) is 0 Å². The summed E-state index contributed by atoms with van der Waals surface area (Å²) < 4.78 is 31.4. The summed E-state index contributed by atoms with van der Waals surface area (Å²) >= 11 is 4.65. The van der Waals surface area contributed by atoms with Crippen LogP contribution >= 0.6 is 27.3 Å². The molecule has 0 saturated carbocycles. The van der Waals surface area contributed by atoms with Crippen LogP contribution in [0.2, 0.25) is 0 Å². The van der Waals surface area contributed by atoms with Crippen LogP contribution in [0.5, 0.6) is 0 Å². The highest BCUT2D eigenvalue weighted by Crippen LogP contribution is 2.26. The lowest BCUT2D eigenvalue weighted by atomic mass is 10.2. The highest BCUT2D eigenvalue weighted by molar-refractivity contribution is 9.10. The molecule has 0 fully saturated rings. The van der Waals surface area contributed by atoms with Crippen LogP contribution in [0.1, 0.15) is 10.4 Å². The number of sulfonamides is 1. The van der Waals surface area contributed by atoms with Gasteiger partial charge in [-0.3, -0.25) is 10.1 Å². The van der Waals surface area contributed by atoms with E-state index in [2.05, 4.69) is 26.2 Å². The van der Waals surface area contributed by atoms with Crippen LogP contribution in [-0.4, -0.2) is 50.3 Å². The Labute approximate surface area is 192 Å². The predicted octanol–water partition coefficient (Wildman–Crippen LogP) is 3.62. The predicted molar refractivity (Wildman–Crippen MR) is 121 cm³/mol. The third-order valence-corrected chi connectivity index (χ3v) is 7.12. The van der Waals surface area contributed by atoms with E-state index in [0.717, 1.165) is 14.3 Å². The molecule has 1 aromatic heterocycles. The first kappa shape index (κ1) is 23.1. The summed E-state index contributed by atoms with van der Waals surface area (Å²) in [5.74, 6) is -1.36. The van der Waals surface area contributed by atoms with E-state index < -0.39 is 28.5 Å². The van der Waals surface area contributed by atoms with Crippen molar-refractivity contribution in [2.24, 2.45) is 0 Å². The molecule has 2 aromatic carbocycles. The van der Waals surface area contributed by atoms with Gasteiger partial charge in [0.25, 0.3) is 5.91 Å². The topological polar surface area (TPSA) is 106 Å². The van der Waals surface area contributed by atoms with Crippen molar-refractivity contribution >= 4 is 54.3 Å². The monoisotopic (exact) mass is 523 g/mol. The van der Waals surface area contributed by atoms with Gasteiger partial charge < -0.3 is 4.74 Å². The van der Waals surface area contributed by atoms with Crippen LogP contribution in [0.4, 0.5) is 5.13 Å². The number of hydrogen-bond acceptors (Lipinski definition) is 7. The number of amides is 1. The van der Waals surface area contributed by atoms with Crippen LogP contribution in [-0.2, 0) is 19.6 Å². The van der Waals surface area contributed by atoms with Crippen molar-refractivity contribution in [3.8, 4) is 11.3 Å². The third kappa shape index (κ3) is 5.76. The van der Waals surface area contributed by atoms with E-state index >= 15 is 0 Å². The zero-order valence-electron chi connectivity index (χ0n) is 16.5. The summed E-state index contributed by atoms with van der Waals surface area (Å²) in [4.78, 5) is 28.7. The standard InChI is InChI=1S/C20H18BrN3O5S2/c1-24(2)31(27,28)16-8-4-6-14(10-16)19(26)29-11-18(25)23-20-22-17(12-30-20)13-5-3-7-15(21)9-13/h3-10,12H,11H2,1-2H3,(H,22,23,25). The average Bonchev–Trinajstić information content (AvgIpc) is 3.20. The van der Waals surface area contributed by atoms with Crippen molar-refractivity contribution < 1.29 is 22.7 Å². The molecule has 0 radical (unpaired) electrons. The molecule has 0 spiro atoms. The number of benzene rings is 2. The summed E-state index contributed by atoms with van der Waals surface area (Å²) in [6.07, 6.45) is 0. The Balaban J connectivity index is 1.60. The van der Waals surface area contributed by atoms with Gasteiger partial charge in [0.05, 0.1) is 16.2 Å². The molecule has 0 saturated heterocycles. The van der Waals surface area contributed by atoms with Crippen LogP contribution < -0.4 is 5.32 Å². The molecule has 3 rings (SSSR count). The number of rotatable bonds is 7. The van der Waals surface area contributed by atoms with Gasteiger partial charge in [-0.15, -0.1) is 11.3 Å². The maximum absolute atomic E-state index is 12.2. The summed E-state index contributed by atoms with van der Waals surface area (Å²) in [6, 6.07) is 13.0. The molecule has 0 aliphatic carbocycles. The normalized spacial score (nSPS) is 11.4. The SMILES string of the molecule is CN(C)S(=O)(=O)c1cccc(C(=O)OCC(=O)Nc2nc(-c3cccc(Br)c3)cs2)c1. The molecule has 3 aromatic rings. The molecule has 8 nitrogen and oxygen atoms in total. The average molecular weight is 524 g/mol. The van der Waals surface area contributed by atoms with Crippen LogP contribution in [0, 0.1) is 0 Å². The Hall–Kier alpha value is -2.60. The molecule has 1 N–H and O–H groups in total. The molecule has 0 aliphatic heterocycles. The number of anilines is 1. The van der Waals surface area contributed by atoms with E-state index in [4.69, 9.17) is 4.74 Å². The Kier molecular flexibility index (Phi) is 7.21. The molecule has 1 amide bonds. The van der Waals surface area contributed by atoms with Crippen molar-refractivity contribution in [1.82, 2.24) is 9.29 Å². The lowest BCUT2D eigenvalue weighted by molar-refractivity contribution is -0.119. The van der Waals surface area contributed by atoms with E-state index in [-0.39, 0.29) is 10.5 Å². The molecule has 0 aliphatic rings. The summed E-state index contributed by atoms with van der Waals surface area (Å²) in [5, 5.41) is 4.76. The minimum Gasteiger partial charge on any atom is -0.452 e. The first-order valence-electron chi connectivity index (χ1n) is 8.88. The fourth-order valence-corrected chi connectivity index (χ4v) is 4.56. The molecule has 1 heterocycles. The summed E-state index contributed by atoms with van der Waals surface area (Å²) in [5.41, 5.74) is 1.63. The van der Waals surface area contributed by atoms with Gasteiger partial charge in [-0.25, -0.2) is 22.5 Å². The molecule has 11 heteroatoms. The maximum atomic E-state index is 12.2. The number of thiazole rings is 1. The second kappa shape index (κ2) is 9.69. The lowest BCUT2D eigenvalue weighted by Crippen LogP contribution is -2.23. The van der Waals surface area contributed by atoms with Gasteiger partial charge >= 0.3 is 5.97 Å². The number of nitrogens with one attached hydrogen (secondary N) is 1. The fourth-order valence-electron chi connectivity index (χ4n) is 2.48. The molecule has 31 heavy (non-hydrogen) atoms. The number of halogens is 1. The lowest BCUT2D eigenvalue weighted by Gasteiger charge is -2.12. The van der Waals surface area contributed by atoms with Crippen molar-refractivity contribution in [2.45, 2.75) is 4.90 Å². The van der Waals surface area contributed by atoms with Gasteiger partial charge in [-0.1, -0.05) is 34.1 Å². The molecule has 0 bridgehead atoms. The quantitative estimate of drug-likeness (QED) is 0.474. The Morgan fingerprint density at radius 3 is 2.61 bits per heavy atom. The van der Waals surface area contributed by atoms with E-state index in [1.807, 2.05) is 24.3 Å². The van der Waals surface area contributed by atoms with Gasteiger partial charge in [0.1, 0.15) is 0 Å². The highest BCUT2D eigenvalue weighted by atomic mass is 79.9. The smallest absolute Gasteiger partial charge is 0.338 e. The molecule has 0 unspecified atom stereocenters. The number of carbonyl (C=O) groups is 2. The number of ether oxygens (including phenoxy) is 1. The van der Waals surface area contributed by atoms with Gasteiger partial charge in [-0.05, 0) is 30.3 Å². The van der Waals surface area contributed by atoms with Gasteiger partial charge in [0.15, 0.2) is 11.7 Å². The van der Waals surface area contributed by atoms with Crippen molar-refractivity contribution in [3.05, 3.63) is 63.9 Å². The largest absolute Gasteiger partial charge is 0.452 e. The zero-order valence-corrected chi connectivity index (χ0v) is 19.8. The minimum atomic E-state index is -3.69. The van der Waals surface area contributed by atoms with Crippen LogP contribution in [0.15, 0.2) is 63.3 Å². The zero-order chi connectivity index (χ0) is 22.6. The second-order valence-electron chi connectivity index (χ2n) is 6.49. The van der Waals surface area contributed by atoms with E-state index in [9.17, 15) is 18.0 Å². The highest BCUT2D eigenvalue weighted by Gasteiger charge is 2.19. The molecular weight excluding hydrogens is 506 g/mol. The van der Waals surface area contributed by atoms with Crippen molar-refractivity contribution in [1.29, 1.82) is 0 Å². The van der Waals surface area contributed by atoms with Crippen molar-refractivity contribution in [2.75, 3.05) is 26.0 Å². The number of carbonyl (C=O) groups excluding carboxylic acids is 2. The fraction of sp³-hybridized carbons (Fsp3) is 0.150. The maximum Gasteiger partial charge on any atom is 0.338 e. The summed E-state index contributed by atoms with van der Waals surface area (Å²) in [7, 11) is -0.903. The number of hydrogen-bond donors (Lipinski definition) is 1. The summed E-state index contributed by atoms with van der Waals surface area (Å²) in [6.45, 7) is -0.532. The Morgan fingerprint density at radius 2 is 1.90 bits per heavy atom. The first-order valence-corrected chi connectivity index (χ1v) is 12.0. The van der Waals surface area contributed by atoms with Crippen molar-refractivity contribution in [3.63, 3.8) is 0 Å².